The van der Waals surface area contributed by atoms with Crippen LogP contribution in [0.2, 0.25) is 0 Å². The smallest absolute Gasteiger partial charge is 0.240 e. The summed E-state index contributed by atoms with van der Waals surface area (Å²) in [6.45, 7) is 2.90. The lowest BCUT2D eigenvalue weighted by Crippen LogP contribution is -2.38. The topological polar surface area (TPSA) is 96.0 Å². The van der Waals surface area contributed by atoms with Crippen molar-refractivity contribution in [3.8, 4) is 0 Å². The summed E-state index contributed by atoms with van der Waals surface area (Å²) < 4.78 is 32.4. The molecule has 0 atom stereocenters. The number of rotatable bonds is 9. The quantitative estimate of drug-likeness (QED) is 0.622. The summed E-state index contributed by atoms with van der Waals surface area (Å²) in [5, 5.41) is 0. The van der Waals surface area contributed by atoms with E-state index < -0.39 is 10.0 Å². The molecule has 0 saturated heterocycles. The molecule has 2 rings (SSSR count). The molecule has 0 radical (unpaired) electrons. The fourth-order valence-electron chi connectivity index (χ4n) is 2.84. The highest BCUT2D eigenvalue weighted by molar-refractivity contribution is 7.89. The van der Waals surface area contributed by atoms with Gasteiger partial charge in [0.05, 0.1) is 11.3 Å². The molecular formula is C17H25N3O5S. The highest BCUT2D eigenvalue weighted by Crippen LogP contribution is 2.29. The Morgan fingerprint density at radius 1 is 1.35 bits per heavy atom. The van der Waals surface area contributed by atoms with Gasteiger partial charge in [-0.3, -0.25) is 9.59 Å². The molecule has 2 amide bonds. The average molecular weight is 383 g/mol. The number of sulfonamides is 1. The second-order valence-corrected chi connectivity index (χ2v) is 7.94. The minimum atomic E-state index is -3.71. The van der Waals surface area contributed by atoms with Crippen LogP contribution < -0.4 is 9.62 Å². The van der Waals surface area contributed by atoms with Crippen LogP contribution in [0.15, 0.2) is 23.1 Å². The average Bonchev–Trinajstić information content (AvgIpc) is 2.87. The first kappa shape index (κ1) is 20.3. The van der Waals surface area contributed by atoms with E-state index in [0.29, 0.717) is 25.1 Å². The van der Waals surface area contributed by atoms with Crippen LogP contribution >= 0.6 is 0 Å². The van der Waals surface area contributed by atoms with Crippen molar-refractivity contribution in [1.82, 2.24) is 9.62 Å². The summed E-state index contributed by atoms with van der Waals surface area (Å²) in [6.07, 6.45) is 0.891. The minimum Gasteiger partial charge on any atom is -0.385 e. The molecule has 0 spiro atoms. The lowest BCUT2D eigenvalue weighted by Gasteiger charge is -2.21. The predicted octanol–water partition coefficient (Wildman–Crippen LogP) is 0.369. The Bertz CT molecular complexity index is 779. The van der Waals surface area contributed by atoms with Gasteiger partial charge in [-0.25, -0.2) is 13.1 Å². The number of nitrogens with zero attached hydrogens (tertiary/aromatic N) is 2. The van der Waals surface area contributed by atoms with Crippen LogP contribution in [0.5, 0.6) is 0 Å². The Labute approximate surface area is 154 Å². The summed E-state index contributed by atoms with van der Waals surface area (Å²) in [4.78, 5) is 26.6. The number of likely N-dealkylation sites (N-methyl/N-ethyl adjacent to an activating group) is 1. The second-order valence-electron chi connectivity index (χ2n) is 6.17. The molecule has 1 N–H and O–H groups in total. The van der Waals surface area contributed by atoms with Gasteiger partial charge in [0.15, 0.2) is 0 Å². The van der Waals surface area contributed by atoms with Crippen molar-refractivity contribution in [2.75, 3.05) is 45.3 Å². The number of ether oxygens (including phenoxy) is 1. The van der Waals surface area contributed by atoms with Crippen LogP contribution in [0.4, 0.5) is 5.69 Å². The molecule has 0 saturated carbocycles. The fourth-order valence-corrected chi connectivity index (χ4v) is 3.91. The lowest BCUT2D eigenvalue weighted by molar-refractivity contribution is -0.129. The Hall–Kier alpha value is -1.97. The minimum absolute atomic E-state index is 0.0596. The van der Waals surface area contributed by atoms with Crippen LogP contribution in [0.1, 0.15) is 18.9 Å². The zero-order chi connectivity index (χ0) is 19.3. The van der Waals surface area contributed by atoms with E-state index in [9.17, 15) is 18.0 Å². The van der Waals surface area contributed by atoms with Crippen LogP contribution in [0.3, 0.4) is 0 Å². The molecule has 0 bridgehead atoms. The van der Waals surface area contributed by atoms with Gasteiger partial charge >= 0.3 is 0 Å². The molecule has 26 heavy (non-hydrogen) atoms. The van der Waals surface area contributed by atoms with Gasteiger partial charge in [0.1, 0.15) is 0 Å². The van der Waals surface area contributed by atoms with Gasteiger partial charge in [-0.2, -0.15) is 0 Å². The van der Waals surface area contributed by atoms with E-state index in [1.54, 1.807) is 25.1 Å². The van der Waals surface area contributed by atoms with E-state index >= 15 is 0 Å². The molecule has 1 aliphatic heterocycles. The number of nitrogens with one attached hydrogen (secondary N) is 1. The Morgan fingerprint density at radius 2 is 2.08 bits per heavy atom. The van der Waals surface area contributed by atoms with Gasteiger partial charge < -0.3 is 14.5 Å². The molecule has 144 valence electrons. The van der Waals surface area contributed by atoms with E-state index in [-0.39, 0.29) is 36.2 Å². The molecule has 1 aliphatic rings. The molecule has 8 nitrogen and oxygen atoms in total. The zero-order valence-electron chi connectivity index (χ0n) is 15.3. The standard InChI is InChI=1S/C17H25N3O5S/c1-13(21)20(8-4-10-25-3)9-7-18-26(23,24)15-5-6-16-14(11-15)12-17(22)19(16)2/h5-6,11,18H,4,7-10,12H2,1-3H3. The van der Waals surface area contributed by atoms with Gasteiger partial charge in [-0.1, -0.05) is 0 Å². The van der Waals surface area contributed by atoms with Crippen LogP contribution in [-0.2, 0) is 30.8 Å². The number of fused-ring (bicyclic) bond motifs is 1. The maximum atomic E-state index is 12.5. The third kappa shape index (κ3) is 4.80. The van der Waals surface area contributed by atoms with Gasteiger partial charge in [0, 0.05) is 53.0 Å². The van der Waals surface area contributed by atoms with Crippen molar-refractivity contribution in [3.05, 3.63) is 23.8 Å². The molecule has 1 aromatic carbocycles. The normalized spacial score (nSPS) is 13.8. The maximum absolute atomic E-state index is 12.5. The first-order valence-corrected chi connectivity index (χ1v) is 9.88. The summed E-state index contributed by atoms with van der Waals surface area (Å²) in [7, 11) is -0.447. The maximum Gasteiger partial charge on any atom is 0.240 e. The first-order valence-electron chi connectivity index (χ1n) is 8.40. The number of methoxy groups -OCH3 is 1. The number of anilines is 1. The summed E-state index contributed by atoms with van der Waals surface area (Å²) >= 11 is 0. The van der Waals surface area contributed by atoms with Crippen molar-refractivity contribution >= 4 is 27.5 Å². The van der Waals surface area contributed by atoms with Crippen molar-refractivity contribution in [2.45, 2.75) is 24.7 Å². The van der Waals surface area contributed by atoms with Crippen LogP contribution in [0.25, 0.3) is 0 Å². The SMILES string of the molecule is COCCCN(CCNS(=O)(=O)c1ccc2c(c1)CC(=O)N2C)C(C)=O. The molecule has 0 aliphatic carbocycles. The first-order chi connectivity index (χ1) is 12.3. The number of carbonyl (C=O) groups is 2. The highest BCUT2D eigenvalue weighted by atomic mass is 32.2. The number of carbonyl (C=O) groups excluding carboxylic acids is 2. The van der Waals surface area contributed by atoms with Crippen LogP contribution in [-0.4, -0.2) is 65.5 Å². The van der Waals surface area contributed by atoms with Gasteiger partial charge in [0.25, 0.3) is 0 Å². The van der Waals surface area contributed by atoms with Crippen molar-refractivity contribution in [1.29, 1.82) is 0 Å². The summed E-state index contributed by atoms with van der Waals surface area (Å²) in [6, 6.07) is 4.65. The van der Waals surface area contributed by atoms with E-state index in [0.717, 1.165) is 5.69 Å². The lowest BCUT2D eigenvalue weighted by atomic mass is 10.2. The molecule has 1 heterocycles. The highest BCUT2D eigenvalue weighted by Gasteiger charge is 2.26. The largest absolute Gasteiger partial charge is 0.385 e. The third-order valence-electron chi connectivity index (χ3n) is 4.33. The van der Waals surface area contributed by atoms with Crippen molar-refractivity contribution in [2.24, 2.45) is 0 Å². The van der Waals surface area contributed by atoms with Gasteiger partial charge in [-0.05, 0) is 30.2 Å². The van der Waals surface area contributed by atoms with Crippen molar-refractivity contribution < 1.29 is 22.7 Å². The Balaban J connectivity index is 1.97. The van der Waals surface area contributed by atoms with E-state index in [4.69, 9.17) is 4.74 Å². The Kier molecular flexibility index (Phi) is 6.74. The molecule has 9 heteroatoms. The zero-order valence-corrected chi connectivity index (χ0v) is 16.1. The number of amides is 2. The fraction of sp³-hybridized carbons (Fsp3) is 0.529. The van der Waals surface area contributed by atoms with E-state index in [1.165, 1.54) is 24.0 Å². The second kappa shape index (κ2) is 8.61. The molecule has 0 fully saturated rings. The van der Waals surface area contributed by atoms with E-state index in [2.05, 4.69) is 4.72 Å². The predicted molar refractivity (Wildman–Crippen MR) is 97.5 cm³/mol. The molecule has 0 aromatic heterocycles. The number of hydrogen-bond acceptors (Lipinski definition) is 5. The number of benzene rings is 1. The number of hydrogen-bond donors (Lipinski definition) is 1. The third-order valence-corrected chi connectivity index (χ3v) is 5.79. The molecule has 0 unspecified atom stereocenters. The van der Waals surface area contributed by atoms with Gasteiger partial charge in [0.2, 0.25) is 21.8 Å². The monoisotopic (exact) mass is 383 g/mol. The summed E-state index contributed by atoms with van der Waals surface area (Å²) in [5.74, 6) is -0.171. The Morgan fingerprint density at radius 3 is 2.73 bits per heavy atom. The van der Waals surface area contributed by atoms with Crippen LogP contribution in [0, 0.1) is 0 Å². The molecular weight excluding hydrogens is 358 g/mol. The van der Waals surface area contributed by atoms with Crippen molar-refractivity contribution in [3.63, 3.8) is 0 Å². The van der Waals surface area contributed by atoms with Gasteiger partial charge in [-0.15, -0.1) is 0 Å². The molecule has 1 aromatic rings. The summed E-state index contributed by atoms with van der Waals surface area (Å²) in [5.41, 5.74) is 1.43. The van der Waals surface area contributed by atoms with E-state index in [1.807, 2.05) is 0 Å².